The lowest BCUT2D eigenvalue weighted by Crippen LogP contribution is -2.14. The van der Waals surface area contributed by atoms with Crippen LogP contribution in [0.1, 0.15) is 12.7 Å². The molecule has 0 spiro atoms. The van der Waals surface area contributed by atoms with E-state index in [9.17, 15) is 5.11 Å². The molecule has 0 radical (unpaired) electrons. The van der Waals surface area contributed by atoms with Gasteiger partial charge in [-0.05, 0) is 13.8 Å². The summed E-state index contributed by atoms with van der Waals surface area (Å²) in [5, 5.41) is 21.8. The number of aryl methyl sites for hydroxylation is 1. The van der Waals surface area contributed by atoms with Gasteiger partial charge in [0.25, 0.3) is 0 Å². The average molecular weight is 243 g/mol. The van der Waals surface area contributed by atoms with Crippen molar-refractivity contribution in [3.05, 3.63) is 11.9 Å². The largest absolute Gasteiger partial charge is 0.394 e. The Morgan fingerprint density at radius 1 is 1.50 bits per heavy atom. The van der Waals surface area contributed by atoms with Crippen molar-refractivity contribution in [3.63, 3.8) is 0 Å². The van der Waals surface area contributed by atoms with Gasteiger partial charge < -0.3 is 15.5 Å². The fourth-order valence-electron chi connectivity index (χ4n) is 1.12. The number of anilines is 1. The van der Waals surface area contributed by atoms with Crippen LogP contribution in [-0.2, 0) is 0 Å². The first-order valence-corrected chi connectivity index (χ1v) is 6.15. The SMILES string of the molecule is CCNc1cc(SCC(O)CO)nc(C)n1. The zero-order valence-electron chi connectivity index (χ0n) is 9.47. The number of aliphatic hydroxyl groups excluding tert-OH is 2. The summed E-state index contributed by atoms with van der Waals surface area (Å²) in [6.07, 6.45) is -0.706. The molecule has 3 N–H and O–H groups in total. The molecule has 90 valence electrons. The molecular formula is C10H17N3O2S. The van der Waals surface area contributed by atoms with Gasteiger partial charge in [0.1, 0.15) is 16.7 Å². The molecule has 1 rings (SSSR count). The lowest BCUT2D eigenvalue weighted by atomic mass is 10.4. The van der Waals surface area contributed by atoms with Crippen molar-refractivity contribution in [3.8, 4) is 0 Å². The molecule has 0 aliphatic heterocycles. The molecule has 16 heavy (non-hydrogen) atoms. The Balaban J connectivity index is 2.64. The van der Waals surface area contributed by atoms with E-state index in [0.29, 0.717) is 11.6 Å². The number of nitrogens with one attached hydrogen (secondary N) is 1. The van der Waals surface area contributed by atoms with Crippen molar-refractivity contribution < 1.29 is 10.2 Å². The molecule has 1 aromatic rings. The van der Waals surface area contributed by atoms with Gasteiger partial charge in [0.05, 0.1) is 12.7 Å². The maximum atomic E-state index is 9.23. The zero-order chi connectivity index (χ0) is 12.0. The summed E-state index contributed by atoms with van der Waals surface area (Å²) in [6.45, 7) is 4.41. The Hall–Kier alpha value is -0.850. The molecular weight excluding hydrogens is 226 g/mol. The molecule has 0 aliphatic carbocycles. The number of nitrogens with zero attached hydrogens (tertiary/aromatic N) is 2. The number of rotatable bonds is 6. The van der Waals surface area contributed by atoms with Crippen LogP contribution in [0.2, 0.25) is 0 Å². The molecule has 0 saturated carbocycles. The van der Waals surface area contributed by atoms with E-state index in [1.54, 1.807) is 0 Å². The molecule has 5 nitrogen and oxygen atoms in total. The minimum atomic E-state index is -0.706. The van der Waals surface area contributed by atoms with Crippen molar-refractivity contribution in [2.45, 2.75) is 25.0 Å². The van der Waals surface area contributed by atoms with Gasteiger partial charge in [-0.15, -0.1) is 11.8 Å². The van der Waals surface area contributed by atoms with Crippen LogP contribution in [0.15, 0.2) is 11.1 Å². The minimum Gasteiger partial charge on any atom is -0.394 e. The summed E-state index contributed by atoms with van der Waals surface area (Å²) in [4.78, 5) is 8.46. The summed E-state index contributed by atoms with van der Waals surface area (Å²) in [5.41, 5.74) is 0. The van der Waals surface area contributed by atoms with E-state index in [4.69, 9.17) is 5.11 Å². The molecule has 0 aliphatic rings. The fourth-order valence-corrected chi connectivity index (χ4v) is 1.98. The van der Waals surface area contributed by atoms with Gasteiger partial charge in [-0.3, -0.25) is 0 Å². The lowest BCUT2D eigenvalue weighted by Gasteiger charge is -2.08. The van der Waals surface area contributed by atoms with Crippen LogP contribution >= 0.6 is 11.8 Å². The molecule has 1 heterocycles. The van der Waals surface area contributed by atoms with Crippen LogP contribution in [0.5, 0.6) is 0 Å². The fraction of sp³-hybridized carbons (Fsp3) is 0.600. The first-order valence-electron chi connectivity index (χ1n) is 5.17. The summed E-state index contributed by atoms with van der Waals surface area (Å²) in [7, 11) is 0. The van der Waals surface area contributed by atoms with Gasteiger partial charge in [0.2, 0.25) is 0 Å². The van der Waals surface area contributed by atoms with E-state index < -0.39 is 6.10 Å². The van der Waals surface area contributed by atoms with Crippen LogP contribution in [-0.4, -0.2) is 45.2 Å². The van der Waals surface area contributed by atoms with E-state index in [0.717, 1.165) is 17.4 Å². The second kappa shape index (κ2) is 6.67. The summed E-state index contributed by atoms with van der Waals surface area (Å²) in [5.74, 6) is 1.91. The van der Waals surface area contributed by atoms with Gasteiger partial charge >= 0.3 is 0 Å². The van der Waals surface area contributed by atoms with E-state index >= 15 is 0 Å². The zero-order valence-corrected chi connectivity index (χ0v) is 10.3. The third-order valence-corrected chi connectivity index (χ3v) is 2.86. The molecule has 0 amide bonds. The lowest BCUT2D eigenvalue weighted by molar-refractivity contribution is 0.113. The number of aromatic nitrogens is 2. The smallest absolute Gasteiger partial charge is 0.130 e. The first-order chi connectivity index (χ1) is 7.65. The number of aliphatic hydroxyl groups is 2. The van der Waals surface area contributed by atoms with Gasteiger partial charge in [0.15, 0.2) is 0 Å². The van der Waals surface area contributed by atoms with E-state index in [1.165, 1.54) is 11.8 Å². The topological polar surface area (TPSA) is 78.3 Å². The van der Waals surface area contributed by atoms with Crippen LogP contribution < -0.4 is 5.32 Å². The highest BCUT2D eigenvalue weighted by Crippen LogP contribution is 2.19. The highest BCUT2D eigenvalue weighted by atomic mass is 32.2. The van der Waals surface area contributed by atoms with Crippen LogP contribution in [0, 0.1) is 6.92 Å². The Morgan fingerprint density at radius 3 is 2.88 bits per heavy atom. The maximum Gasteiger partial charge on any atom is 0.130 e. The highest BCUT2D eigenvalue weighted by Gasteiger charge is 2.06. The van der Waals surface area contributed by atoms with Crippen molar-refractivity contribution in [2.75, 3.05) is 24.2 Å². The Morgan fingerprint density at radius 2 is 2.25 bits per heavy atom. The summed E-state index contributed by atoms with van der Waals surface area (Å²) in [6, 6.07) is 1.84. The Labute approximate surface area is 99.3 Å². The van der Waals surface area contributed by atoms with E-state index in [-0.39, 0.29) is 6.61 Å². The predicted octanol–water partition coefficient (Wildman–Crippen LogP) is 0.662. The van der Waals surface area contributed by atoms with E-state index in [1.807, 2.05) is 19.9 Å². The first kappa shape index (κ1) is 13.2. The maximum absolute atomic E-state index is 9.23. The number of hydrogen-bond acceptors (Lipinski definition) is 6. The van der Waals surface area contributed by atoms with Crippen LogP contribution in [0.4, 0.5) is 5.82 Å². The van der Waals surface area contributed by atoms with Crippen molar-refractivity contribution in [1.82, 2.24) is 9.97 Å². The Bertz CT molecular complexity index is 336. The third kappa shape index (κ3) is 4.34. The quantitative estimate of drug-likeness (QED) is 0.503. The number of hydrogen-bond donors (Lipinski definition) is 3. The van der Waals surface area contributed by atoms with Crippen molar-refractivity contribution in [2.24, 2.45) is 0 Å². The molecule has 0 saturated heterocycles. The van der Waals surface area contributed by atoms with Crippen LogP contribution in [0.3, 0.4) is 0 Å². The number of thioether (sulfide) groups is 1. The molecule has 0 fully saturated rings. The molecule has 1 unspecified atom stereocenters. The minimum absolute atomic E-state index is 0.225. The second-order valence-electron chi connectivity index (χ2n) is 3.32. The molecule has 0 aromatic carbocycles. The predicted molar refractivity (Wildman–Crippen MR) is 64.7 cm³/mol. The molecule has 1 atom stereocenters. The normalized spacial score (nSPS) is 12.5. The van der Waals surface area contributed by atoms with Gasteiger partial charge in [-0.25, -0.2) is 9.97 Å². The van der Waals surface area contributed by atoms with Crippen LogP contribution in [0.25, 0.3) is 0 Å². The van der Waals surface area contributed by atoms with Gasteiger partial charge in [-0.1, -0.05) is 0 Å². The second-order valence-corrected chi connectivity index (χ2v) is 4.36. The van der Waals surface area contributed by atoms with Crippen molar-refractivity contribution >= 4 is 17.6 Å². The van der Waals surface area contributed by atoms with Gasteiger partial charge in [0, 0.05) is 18.4 Å². The highest BCUT2D eigenvalue weighted by molar-refractivity contribution is 7.99. The molecule has 1 aromatic heterocycles. The van der Waals surface area contributed by atoms with Gasteiger partial charge in [-0.2, -0.15) is 0 Å². The molecule has 0 bridgehead atoms. The van der Waals surface area contributed by atoms with Crippen molar-refractivity contribution in [1.29, 1.82) is 0 Å². The average Bonchev–Trinajstić information content (AvgIpc) is 2.25. The standard InChI is InChI=1S/C10H17N3O2S/c1-3-11-9-4-10(13-7(2)12-9)16-6-8(15)5-14/h4,8,14-15H,3,5-6H2,1-2H3,(H,11,12,13). The summed E-state index contributed by atoms with van der Waals surface area (Å²) >= 11 is 1.41. The monoisotopic (exact) mass is 243 g/mol. The summed E-state index contributed by atoms with van der Waals surface area (Å²) < 4.78 is 0. The molecule has 6 heteroatoms. The van der Waals surface area contributed by atoms with E-state index in [2.05, 4.69) is 15.3 Å². The third-order valence-electron chi connectivity index (χ3n) is 1.81. The Kier molecular flexibility index (Phi) is 5.51.